The smallest absolute Gasteiger partial charge is 0.178 e. The van der Waals surface area contributed by atoms with Gasteiger partial charge in [-0.05, 0) is 33.1 Å². The van der Waals surface area contributed by atoms with Crippen LogP contribution in [0, 0.1) is 11.3 Å². The number of rotatable bonds is 5. The highest BCUT2D eigenvalue weighted by Crippen LogP contribution is 2.42. The van der Waals surface area contributed by atoms with Crippen molar-refractivity contribution in [2.45, 2.75) is 45.3 Å². The molecular formula is C14H21N3O2S. The van der Waals surface area contributed by atoms with Crippen LogP contribution in [0.25, 0.3) is 0 Å². The molecule has 0 amide bonds. The van der Waals surface area contributed by atoms with Gasteiger partial charge < -0.3 is 20.5 Å². The van der Waals surface area contributed by atoms with E-state index in [-0.39, 0.29) is 12.2 Å². The lowest BCUT2D eigenvalue weighted by Crippen LogP contribution is -2.26. The van der Waals surface area contributed by atoms with Crippen molar-refractivity contribution in [3.8, 4) is 11.8 Å². The van der Waals surface area contributed by atoms with Crippen molar-refractivity contribution < 1.29 is 9.47 Å². The van der Waals surface area contributed by atoms with Crippen LogP contribution < -0.4 is 15.8 Å². The van der Waals surface area contributed by atoms with Gasteiger partial charge in [0.15, 0.2) is 5.75 Å². The van der Waals surface area contributed by atoms with E-state index in [0.29, 0.717) is 16.3 Å². The lowest BCUT2D eigenvalue weighted by molar-refractivity contribution is 0.0248. The molecule has 1 aliphatic rings. The second-order valence-corrected chi connectivity index (χ2v) is 6.17. The van der Waals surface area contributed by atoms with Gasteiger partial charge >= 0.3 is 0 Å². The van der Waals surface area contributed by atoms with Crippen LogP contribution in [0.3, 0.4) is 0 Å². The zero-order valence-corrected chi connectivity index (χ0v) is 12.8. The first-order valence-corrected chi connectivity index (χ1v) is 7.78. The normalized spacial score (nSPS) is 18.8. The van der Waals surface area contributed by atoms with E-state index in [1.54, 1.807) is 0 Å². The number of nitrogens with zero attached hydrogens (tertiary/aromatic N) is 1. The molecule has 20 heavy (non-hydrogen) atoms. The molecular weight excluding hydrogens is 274 g/mol. The summed E-state index contributed by atoms with van der Waals surface area (Å²) in [5, 5.41) is 13.2. The number of nitrogens with two attached hydrogens (primary N) is 1. The summed E-state index contributed by atoms with van der Waals surface area (Å²) in [4.78, 5) is 0.493. The highest BCUT2D eigenvalue weighted by molar-refractivity contribution is 7.17. The Morgan fingerprint density at radius 2 is 2.35 bits per heavy atom. The van der Waals surface area contributed by atoms with Gasteiger partial charge in [-0.2, -0.15) is 5.26 Å². The maximum absolute atomic E-state index is 9.08. The number of nitrogen functional groups attached to an aromatic ring is 1. The fraction of sp³-hybridized carbons (Fsp3) is 0.643. The maximum atomic E-state index is 9.08. The predicted octanol–water partition coefficient (Wildman–Crippen LogP) is 2.97. The zero-order chi connectivity index (χ0) is 14.5. The van der Waals surface area contributed by atoms with Gasteiger partial charge in [-0.3, -0.25) is 0 Å². The van der Waals surface area contributed by atoms with Crippen LogP contribution in [-0.2, 0) is 4.74 Å². The number of ether oxygens (including phenoxy) is 2. The van der Waals surface area contributed by atoms with Gasteiger partial charge in [-0.25, -0.2) is 0 Å². The Kier molecular flexibility index (Phi) is 5.10. The molecule has 1 aliphatic heterocycles. The van der Waals surface area contributed by atoms with Crippen LogP contribution in [0.1, 0.15) is 38.0 Å². The Bertz CT molecular complexity index is 487. The molecule has 5 nitrogen and oxygen atoms in total. The van der Waals surface area contributed by atoms with Gasteiger partial charge in [0.25, 0.3) is 0 Å². The SMILES string of the molecule is CC(C)Oc1c(NCC2CCCCO2)sc(C#N)c1N. The molecule has 3 N–H and O–H groups in total. The summed E-state index contributed by atoms with van der Waals surface area (Å²) in [6.45, 7) is 5.44. The number of anilines is 2. The van der Waals surface area contributed by atoms with E-state index in [2.05, 4.69) is 11.4 Å². The van der Waals surface area contributed by atoms with Gasteiger partial charge in [0.05, 0.1) is 12.2 Å². The summed E-state index contributed by atoms with van der Waals surface area (Å²) in [5.74, 6) is 0.595. The second-order valence-electron chi connectivity index (χ2n) is 5.15. The van der Waals surface area contributed by atoms with E-state index in [0.717, 1.165) is 31.0 Å². The fourth-order valence-electron chi connectivity index (χ4n) is 2.16. The van der Waals surface area contributed by atoms with Gasteiger partial charge in [0.1, 0.15) is 21.6 Å². The molecule has 0 aliphatic carbocycles. The third kappa shape index (κ3) is 3.56. The van der Waals surface area contributed by atoms with E-state index in [1.165, 1.54) is 17.8 Å². The van der Waals surface area contributed by atoms with Gasteiger partial charge in [0, 0.05) is 13.2 Å². The number of hydrogen-bond acceptors (Lipinski definition) is 6. The van der Waals surface area contributed by atoms with Crippen molar-refractivity contribution in [1.82, 2.24) is 0 Å². The standard InChI is InChI=1S/C14H21N3O2S/c1-9(2)19-13-12(16)11(7-15)20-14(13)17-8-10-5-3-4-6-18-10/h9-10,17H,3-6,8,16H2,1-2H3. The van der Waals surface area contributed by atoms with E-state index in [4.69, 9.17) is 20.5 Å². The predicted molar refractivity (Wildman–Crippen MR) is 81.3 cm³/mol. The van der Waals surface area contributed by atoms with Gasteiger partial charge in [0.2, 0.25) is 0 Å². The molecule has 6 heteroatoms. The molecule has 0 saturated carbocycles. The van der Waals surface area contributed by atoms with Crippen LogP contribution in [-0.4, -0.2) is 25.4 Å². The molecule has 0 spiro atoms. The summed E-state index contributed by atoms with van der Waals surface area (Å²) in [6.07, 6.45) is 3.66. The summed E-state index contributed by atoms with van der Waals surface area (Å²) in [5.41, 5.74) is 6.39. The van der Waals surface area contributed by atoms with Crippen molar-refractivity contribution in [3.05, 3.63) is 4.88 Å². The molecule has 2 rings (SSSR count). The third-order valence-electron chi connectivity index (χ3n) is 3.12. The van der Waals surface area contributed by atoms with Crippen LogP contribution in [0.2, 0.25) is 0 Å². The lowest BCUT2D eigenvalue weighted by atomic mass is 10.1. The molecule has 1 unspecified atom stereocenters. The molecule has 2 heterocycles. The van der Waals surface area contributed by atoms with Crippen molar-refractivity contribution in [3.63, 3.8) is 0 Å². The fourth-order valence-corrected chi connectivity index (χ4v) is 3.01. The van der Waals surface area contributed by atoms with Crippen LogP contribution in [0.5, 0.6) is 5.75 Å². The first-order chi connectivity index (χ1) is 9.61. The Balaban J connectivity index is 2.07. The molecule has 1 atom stereocenters. The molecule has 0 bridgehead atoms. The molecule has 1 saturated heterocycles. The second kappa shape index (κ2) is 6.82. The Morgan fingerprint density at radius 3 is 2.95 bits per heavy atom. The molecule has 0 aromatic carbocycles. The van der Waals surface area contributed by atoms with Crippen LogP contribution in [0.15, 0.2) is 0 Å². The molecule has 110 valence electrons. The Morgan fingerprint density at radius 1 is 1.55 bits per heavy atom. The minimum Gasteiger partial charge on any atom is -0.486 e. The zero-order valence-electron chi connectivity index (χ0n) is 11.9. The Labute approximate surface area is 123 Å². The van der Waals surface area contributed by atoms with Crippen molar-refractivity contribution >= 4 is 22.0 Å². The van der Waals surface area contributed by atoms with Crippen molar-refractivity contribution in [2.75, 3.05) is 24.2 Å². The van der Waals surface area contributed by atoms with E-state index < -0.39 is 0 Å². The maximum Gasteiger partial charge on any atom is 0.178 e. The molecule has 1 aromatic heterocycles. The van der Waals surface area contributed by atoms with Crippen molar-refractivity contribution in [1.29, 1.82) is 5.26 Å². The van der Waals surface area contributed by atoms with Crippen molar-refractivity contribution in [2.24, 2.45) is 0 Å². The Hall–Kier alpha value is -1.45. The average molecular weight is 295 g/mol. The minimum atomic E-state index is 0.0184. The number of nitriles is 1. The van der Waals surface area contributed by atoms with Gasteiger partial charge in [-0.15, -0.1) is 11.3 Å². The number of nitrogens with one attached hydrogen (secondary N) is 1. The number of hydrogen-bond donors (Lipinski definition) is 2. The minimum absolute atomic E-state index is 0.0184. The van der Waals surface area contributed by atoms with E-state index in [9.17, 15) is 0 Å². The first kappa shape index (κ1) is 14.9. The monoisotopic (exact) mass is 295 g/mol. The van der Waals surface area contributed by atoms with Crippen LogP contribution >= 0.6 is 11.3 Å². The summed E-state index contributed by atoms with van der Waals surface area (Å²) in [6, 6.07) is 2.11. The number of thiophene rings is 1. The van der Waals surface area contributed by atoms with Gasteiger partial charge in [-0.1, -0.05) is 0 Å². The van der Waals surface area contributed by atoms with Crippen LogP contribution in [0.4, 0.5) is 10.7 Å². The first-order valence-electron chi connectivity index (χ1n) is 6.96. The summed E-state index contributed by atoms with van der Waals surface area (Å²) in [7, 11) is 0. The molecule has 1 aromatic rings. The quantitative estimate of drug-likeness (QED) is 0.873. The third-order valence-corrected chi connectivity index (χ3v) is 4.17. The van der Waals surface area contributed by atoms with E-state index in [1.807, 2.05) is 13.8 Å². The highest BCUT2D eigenvalue weighted by atomic mass is 32.1. The largest absolute Gasteiger partial charge is 0.486 e. The lowest BCUT2D eigenvalue weighted by Gasteiger charge is -2.23. The highest BCUT2D eigenvalue weighted by Gasteiger charge is 2.20. The summed E-state index contributed by atoms with van der Waals surface area (Å²) >= 11 is 1.34. The molecule has 0 radical (unpaired) electrons. The van der Waals surface area contributed by atoms with E-state index >= 15 is 0 Å². The molecule has 1 fully saturated rings. The topological polar surface area (TPSA) is 80.3 Å². The summed E-state index contributed by atoms with van der Waals surface area (Å²) < 4.78 is 11.4. The average Bonchev–Trinajstić information content (AvgIpc) is 2.74.